The molecule has 0 aromatic heterocycles. The predicted octanol–water partition coefficient (Wildman–Crippen LogP) is 15.7. The van der Waals surface area contributed by atoms with Crippen LogP contribution in [0.4, 0.5) is 0 Å². The number of hydrogen-bond acceptors (Lipinski definition) is 5. The van der Waals surface area contributed by atoms with Gasteiger partial charge in [0.2, 0.25) is 0 Å². The monoisotopic (exact) mass is 869 g/mol. The van der Waals surface area contributed by atoms with Crippen LogP contribution in [0.25, 0.3) is 22.3 Å². The van der Waals surface area contributed by atoms with E-state index in [1.807, 2.05) is 12.1 Å². The molecule has 0 N–H and O–H groups in total. The number of Topliss-reactive ketones (excluding diaryl/α,β-unsaturated/α-hetero) is 1. The van der Waals surface area contributed by atoms with Crippen molar-refractivity contribution in [2.75, 3.05) is 28.4 Å². The number of carbonyl (C=O) groups is 1. The maximum atomic E-state index is 14.6. The smallest absolute Gasteiger partial charge is 0.134 e. The largest absolute Gasteiger partial charge is 0.497 e. The Morgan fingerprint density at radius 2 is 0.746 bits per heavy atom. The Kier molecular flexibility index (Phi) is 15.2. The molecule has 5 aromatic rings. The van der Waals surface area contributed by atoms with E-state index >= 15 is 0 Å². The highest BCUT2D eigenvalue weighted by atomic mass is 31.1. The summed E-state index contributed by atoms with van der Waals surface area (Å²) >= 11 is 0. The molecule has 0 aliphatic carbocycles. The fourth-order valence-electron chi connectivity index (χ4n) is 9.60. The van der Waals surface area contributed by atoms with E-state index in [4.69, 9.17) is 18.9 Å². The summed E-state index contributed by atoms with van der Waals surface area (Å²) in [6.07, 6.45) is 0.822. The molecule has 0 saturated carbocycles. The third kappa shape index (κ3) is 9.90. The molecule has 0 amide bonds. The Labute approximate surface area is 381 Å². The van der Waals surface area contributed by atoms with Gasteiger partial charge in [-0.2, -0.15) is 0 Å². The van der Waals surface area contributed by atoms with E-state index in [2.05, 4.69) is 150 Å². The van der Waals surface area contributed by atoms with Crippen LogP contribution in [-0.2, 0) is 4.79 Å². The van der Waals surface area contributed by atoms with Crippen molar-refractivity contribution in [1.82, 2.24) is 0 Å². The third-order valence-corrected chi connectivity index (χ3v) is 16.4. The Bertz CT molecular complexity index is 2160. The average Bonchev–Trinajstić information content (AvgIpc) is 3.26. The molecule has 2 atom stereocenters. The van der Waals surface area contributed by atoms with E-state index in [9.17, 15) is 4.79 Å². The number of carbonyl (C=O) groups excluding carboxylic acids is 1. The molecule has 63 heavy (non-hydrogen) atoms. The lowest BCUT2D eigenvalue weighted by Crippen LogP contribution is -2.27. The van der Waals surface area contributed by atoms with Gasteiger partial charge < -0.3 is 18.9 Å². The Hall–Kier alpha value is -4.60. The van der Waals surface area contributed by atoms with Crippen LogP contribution in [0.1, 0.15) is 187 Å². The van der Waals surface area contributed by atoms with Crippen molar-refractivity contribution in [2.24, 2.45) is 0 Å². The molecule has 1 saturated heterocycles. The minimum Gasteiger partial charge on any atom is -0.497 e. The highest BCUT2D eigenvalue weighted by Gasteiger charge is 2.43. The molecule has 1 aliphatic heterocycles. The Balaban J connectivity index is 1.91. The van der Waals surface area contributed by atoms with Crippen molar-refractivity contribution in [3.63, 3.8) is 0 Å². The average molecular weight is 869 g/mol. The molecule has 5 nitrogen and oxygen atoms in total. The van der Waals surface area contributed by atoms with E-state index in [0.717, 1.165) is 11.1 Å². The van der Waals surface area contributed by atoms with Gasteiger partial charge in [-0.1, -0.05) is 133 Å². The van der Waals surface area contributed by atoms with Gasteiger partial charge in [0.05, 0.1) is 28.4 Å². The highest BCUT2D eigenvalue weighted by molar-refractivity contribution is 7.67. The number of methoxy groups -OCH3 is 4. The maximum absolute atomic E-state index is 14.6. The topological polar surface area (TPSA) is 54.0 Å². The molecule has 1 aliphatic rings. The first-order valence-electron chi connectivity index (χ1n) is 23.2. The zero-order valence-electron chi connectivity index (χ0n) is 41.0. The molecule has 2 unspecified atom stereocenters. The number of ether oxygens (including phenoxy) is 4. The first-order chi connectivity index (χ1) is 29.9. The molecule has 6 rings (SSSR count). The van der Waals surface area contributed by atoms with Gasteiger partial charge in [-0.05, 0) is 132 Å². The SMILES string of the molecule is COc1cc(OC)cc(C2CC(=O)CC(c3cc(OC)cc(OC)c3)P2c2c(-c3c(C(C)C)cc(C(C)C)cc3C(C)C)cccc2-c2c(C(C)C)cc(C(C)C)cc2C(C)C)c1. The highest BCUT2D eigenvalue weighted by Crippen LogP contribution is 2.69. The van der Waals surface area contributed by atoms with Gasteiger partial charge in [-0.3, -0.25) is 4.79 Å². The van der Waals surface area contributed by atoms with E-state index < -0.39 is 7.92 Å². The van der Waals surface area contributed by atoms with Crippen LogP contribution in [0.15, 0.2) is 78.9 Å². The second-order valence-corrected chi connectivity index (χ2v) is 22.0. The molecule has 0 spiro atoms. The van der Waals surface area contributed by atoms with E-state index in [-0.39, 0.29) is 40.8 Å². The van der Waals surface area contributed by atoms with Gasteiger partial charge in [-0.25, -0.2) is 0 Å². The number of rotatable bonds is 15. The van der Waals surface area contributed by atoms with Crippen molar-refractivity contribution in [1.29, 1.82) is 0 Å². The van der Waals surface area contributed by atoms with Crippen molar-refractivity contribution in [3.05, 3.63) is 123 Å². The Morgan fingerprint density at radius 3 is 1.00 bits per heavy atom. The molecular formula is C57H73O5P. The van der Waals surface area contributed by atoms with Gasteiger partial charge in [0.25, 0.3) is 0 Å². The summed E-state index contributed by atoms with van der Waals surface area (Å²) in [5.41, 5.74) is 15.2. The summed E-state index contributed by atoms with van der Waals surface area (Å²) in [4.78, 5) is 14.6. The minimum atomic E-state index is -1.24. The van der Waals surface area contributed by atoms with Crippen LogP contribution in [0.2, 0.25) is 0 Å². The van der Waals surface area contributed by atoms with Crippen molar-refractivity contribution >= 4 is 19.0 Å². The summed E-state index contributed by atoms with van der Waals surface area (Å²) in [5.74, 6) is 4.96. The van der Waals surface area contributed by atoms with Crippen molar-refractivity contribution < 1.29 is 23.7 Å². The molecule has 5 aromatic carbocycles. The molecule has 336 valence electrons. The maximum Gasteiger partial charge on any atom is 0.134 e. The van der Waals surface area contributed by atoms with Gasteiger partial charge >= 0.3 is 0 Å². The lowest BCUT2D eigenvalue weighted by atomic mass is 9.79. The zero-order chi connectivity index (χ0) is 46.0. The first kappa shape index (κ1) is 47.9. The second kappa shape index (κ2) is 20.1. The Morgan fingerprint density at radius 1 is 0.444 bits per heavy atom. The van der Waals surface area contributed by atoms with Crippen LogP contribution in [0.3, 0.4) is 0 Å². The number of benzene rings is 5. The van der Waals surface area contributed by atoms with Gasteiger partial charge in [-0.15, -0.1) is 0 Å². The summed E-state index contributed by atoms with van der Waals surface area (Å²) in [6.45, 7) is 28.0. The van der Waals surface area contributed by atoms with Gasteiger partial charge in [0.1, 0.15) is 28.8 Å². The van der Waals surface area contributed by atoms with Crippen molar-refractivity contribution in [3.8, 4) is 45.3 Å². The van der Waals surface area contributed by atoms with Crippen molar-refractivity contribution in [2.45, 2.75) is 143 Å². The summed E-state index contributed by atoms with van der Waals surface area (Å²) in [7, 11) is 5.57. The van der Waals surface area contributed by atoms with Gasteiger partial charge in [0.15, 0.2) is 0 Å². The minimum absolute atomic E-state index is 0.160. The summed E-state index contributed by atoms with van der Waals surface area (Å²) in [5, 5.41) is 1.35. The normalized spacial score (nSPS) is 16.9. The fraction of sp³-hybridized carbons (Fsp3) is 0.456. The second-order valence-electron chi connectivity index (χ2n) is 19.5. The quantitative estimate of drug-likeness (QED) is 0.0981. The van der Waals surface area contributed by atoms with Gasteiger partial charge in [0, 0.05) is 36.3 Å². The molecule has 6 heteroatoms. The van der Waals surface area contributed by atoms with Crippen LogP contribution < -0.4 is 24.3 Å². The standard InChI is InChI=1S/C57H73O5P/c1-32(2)38-24-49(34(5)6)55(50(25-38)35(7)8)47-18-17-19-48(56-51(36(9)10)26-39(33(3)4)27-52(56)37(11)12)57(47)63-53(40-20-43(59-13)30-44(21-40)60-14)28-42(58)29-54(63)41-22-45(61-15)31-46(23-41)62-16/h17-27,30-37,53-54H,28-29H2,1-16H3. The first-order valence-corrected chi connectivity index (χ1v) is 24.7. The third-order valence-electron chi connectivity index (χ3n) is 13.1. The van der Waals surface area contributed by atoms with E-state index in [1.165, 1.54) is 60.9 Å². The molecule has 0 radical (unpaired) electrons. The zero-order valence-corrected chi connectivity index (χ0v) is 41.9. The van der Waals surface area contributed by atoms with Crippen LogP contribution in [0.5, 0.6) is 23.0 Å². The molecular weight excluding hydrogens is 796 g/mol. The lowest BCUT2D eigenvalue weighted by molar-refractivity contribution is -0.119. The lowest BCUT2D eigenvalue weighted by Gasteiger charge is -2.42. The van der Waals surface area contributed by atoms with Crippen LogP contribution in [-0.4, -0.2) is 34.2 Å². The number of ketones is 1. The van der Waals surface area contributed by atoms with Crippen LogP contribution >= 0.6 is 7.92 Å². The summed E-state index contributed by atoms with van der Waals surface area (Å²) < 4.78 is 23.8. The van der Waals surface area contributed by atoms with Crippen LogP contribution in [0, 0.1) is 0 Å². The predicted molar refractivity (Wildman–Crippen MR) is 267 cm³/mol. The molecule has 1 heterocycles. The van der Waals surface area contributed by atoms with E-state index in [1.54, 1.807) is 28.4 Å². The number of hydrogen-bond donors (Lipinski definition) is 0. The van der Waals surface area contributed by atoms with E-state index in [0.29, 0.717) is 47.7 Å². The summed E-state index contributed by atoms with van der Waals surface area (Å²) in [6, 6.07) is 29.5. The fourth-order valence-corrected chi connectivity index (χ4v) is 13.3. The molecule has 1 fully saturated rings. The molecule has 0 bridgehead atoms.